The number of aliphatic hydroxyl groups is 1. The van der Waals surface area contributed by atoms with Gasteiger partial charge in [-0.25, -0.2) is 8.78 Å². The minimum atomic E-state index is -9.05. The van der Waals surface area contributed by atoms with Crippen LogP contribution in [-0.4, -0.2) is 77.6 Å². The van der Waals surface area contributed by atoms with Crippen molar-refractivity contribution in [3.63, 3.8) is 0 Å². The first-order valence-corrected chi connectivity index (χ1v) is 7.32. The number of aliphatic hydroxyl groups excluding tert-OH is 1. The number of hydrogen-bond acceptors (Lipinski definition) is 1. The van der Waals surface area contributed by atoms with Crippen molar-refractivity contribution in [1.29, 1.82) is 0 Å². The number of alkyl halides is 21. The highest BCUT2D eigenvalue weighted by atomic mass is 19.4. The summed E-state index contributed by atoms with van der Waals surface area (Å²) >= 11 is 0. The summed E-state index contributed by atoms with van der Waals surface area (Å²) in [4.78, 5) is 0. The van der Waals surface area contributed by atoms with Gasteiger partial charge < -0.3 is 5.11 Å². The van der Waals surface area contributed by atoms with E-state index in [-0.39, 0.29) is 0 Å². The Kier molecular flexibility index (Phi) is 7.65. The quantitative estimate of drug-likeness (QED) is 0.309. The van der Waals surface area contributed by atoms with Crippen LogP contribution in [0.25, 0.3) is 0 Å². The molecule has 0 fully saturated rings. The summed E-state index contributed by atoms with van der Waals surface area (Å²) in [6, 6.07) is 0. The van der Waals surface area contributed by atoms with Gasteiger partial charge in [-0.2, -0.15) is 83.4 Å². The molecule has 0 saturated carbocycles. The van der Waals surface area contributed by atoms with E-state index in [9.17, 15) is 92.2 Å². The van der Waals surface area contributed by atoms with Gasteiger partial charge in [0.15, 0.2) is 0 Å². The van der Waals surface area contributed by atoms with Crippen molar-refractivity contribution in [1.82, 2.24) is 0 Å². The Morgan fingerprint density at radius 2 is 0.647 bits per heavy atom. The molecule has 0 spiro atoms. The zero-order valence-electron chi connectivity index (χ0n) is 14.8. The van der Waals surface area contributed by atoms with Crippen LogP contribution in [0.5, 0.6) is 0 Å². The van der Waals surface area contributed by atoms with Crippen LogP contribution >= 0.6 is 0 Å². The van der Waals surface area contributed by atoms with Crippen molar-refractivity contribution in [2.75, 3.05) is 13.3 Å². The summed E-state index contributed by atoms with van der Waals surface area (Å²) in [6.45, 7) is -8.43. The van der Waals surface area contributed by atoms with Gasteiger partial charge in [-0.15, -0.1) is 0 Å². The van der Waals surface area contributed by atoms with Crippen LogP contribution in [0.1, 0.15) is 0 Å². The summed E-state index contributed by atoms with van der Waals surface area (Å²) in [7, 11) is 0. The van der Waals surface area contributed by atoms with E-state index in [1.54, 1.807) is 0 Å². The summed E-state index contributed by atoms with van der Waals surface area (Å²) in [5, 5.41) is 7.87. The lowest BCUT2D eigenvalue weighted by Crippen LogP contribution is -2.78. The first kappa shape index (κ1) is 32.5. The number of halogens is 21. The standard InChI is InChI=1S/C12H5F21O/c13-1-3(14,5(17,18)7(21,22)4(15,16)2-34)6(19,20)8(23,24)9(25,26)10(27,28)11(29,30)12(31,32)33/h34H,1-2H2. The molecular weight excluding hydrogens is 559 g/mol. The van der Waals surface area contributed by atoms with E-state index in [1.165, 1.54) is 0 Å². The van der Waals surface area contributed by atoms with Crippen LogP contribution in [0.3, 0.4) is 0 Å². The molecule has 0 bridgehead atoms. The Balaban J connectivity index is 7.22. The molecule has 0 aromatic carbocycles. The molecule has 1 N–H and O–H groups in total. The van der Waals surface area contributed by atoms with E-state index in [0.29, 0.717) is 0 Å². The van der Waals surface area contributed by atoms with Gasteiger partial charge in [0.1, 0.15) is 13.3 Å². The third-order valence-corrected chi connectivity index (χ3v) is 4.17. The Hall–Kier alpha value is -1.51. The average molecular weight is 564 g/mol. The third kappa shape index (κ3) is 3.63. The molecule has 1 unspecified atom stereocenters. The van der Waals surface area contributed by atoms with Gasteiger partial charge in [0.25, 0.3) is 5.67 Å². The van der Waals surface area contributed by atoms with E-state index in [2.05, 4.69) is 0 Å². The molecular formula is C12H5F21O. The van der Waals surface area contributed by atoms with Crippen molar-refractivity contribution in [3.05, 3.63) is 0 Å². The maximum Gasteiger partial charge on any atom is 0.460 e. The monoisotopic (exact) mass is 564 g/mol. The lowest BCUT2D eigenvalue weighted by molar-refractivity contribution is -0.461. The number of rotatable bonds is 10. The van der Waals surface area contributed by atoms with Crippen molar-refractivity contribution < 1.29 is 97.3 Å². The molecule has 0 amide bonds. The molecule has 34 heavy (non-hydrogen) atoms. The van der Waals surface area contributed by atoms with E-state index >= 15 is 0 Å². The predicted molar refractivity (Wildman–Crippen MR) is 62.5 cm³/mol. The highest BCUT2D eigenvalue weighted by Gasteiger charge is 2.96. The molecule has 22 heteroatoms. The topological polar surface area (TPSA) is 20.2 Å². The summed E-state index contributed by atoms with van der Waals surface area (Å²) in [5.41, 5.74) is -8.13. The lowest BCUT2D eigenvalue weighted by Gasteiger charge is -2.46. The molecule has 0 aliphatic heterocycles. The lowest BCUT2D eigenvalue weighted by atomic mass is 9.79. The summed E-state index contributed by atoms with van der Waals surface area (Å²) in [6.07, 6.45) is -7.99. The highest BCUT2D eigenvalue weighted by Crippen LogP contribution is 2.65. The second kappa shape index (κ2) is 8.00. The van der Waals surface area contributed by atoms with Crippen LogP contribution in [0.2, 0.25) is 0 Å². The fraction of sp³-hybridized carbons (Fsp3) is 1.00. The van der Waals surface area contributed by atoms with Gasteiger partial charge in [-0.1, -0.05) is 0 Å². The van der Waals surface area contributed by atoms with Gasteiger partial charge in [0, 0.05) is 0 Å². The molecule has 0 aliphatic carbocycles. The molecule has 206 valence electrons. The molecule has 0 aromatic heterocycles. The van der Waals surface area contributed by atoms with Gasteiger partial charge in [0.2, 0.25) is 0 Å². The second-order valence-electron chi connectivity index (χ2n) is 6.32. The Morgan fingerprint density at radius 3 is 0.912 bits per heavy atom. The van der Waals surface area contributed by atoms with E-state index in [1.807, 2.05) is 0 Å². The maximum absolute atomic E-state index is 13.9. The SMILES string of the molecule is OCC(F)(F)C(F)(F)C(F)(F)C(F)(CF)C(F)(F)C(F)(F)C(F)(F)C(F)(F)C(F)(F)C(F)(F)F. The fourth-order valence-electron chi connectivity index (χ4n) is 1.96. The predicted octanol–water partition coefficient (Wildman–Crippen LogP) is 6.30. The fourth-order valence-corrected chi connectivity index (χ4v) is 1.96. The average Bonchev–Trinajstić information content (AvgIpc) is 2.64. The molecule has 0 heterocycles. The zero-order chi connectivity index (χ0) is 28.4. The largest absolute Gasteiger partial charge is 0.460 e. The van der Waals surface area contributed by atoms with E-state index in [0.717, 1.165) is 0 Å². The minimum absolute atomic E-state index is 3.58. The maximum atomic E-state index is 13.9. The second-order valence-corrected chi connectivity index (χ2v) is 6.32. The van der Waals surface area contributed by atoms with Crippen molar-refractivity contribution >= 4 is 0 Å². The summed E-state index contributed by atoms with van der Waals surface area (Å²) < 4.78 is 273. The molecule has 1 nitrogen and oxygen atoms in total. The van der Waals surface area contributed by atoms with Crippen LogP contribution in [-0.2, 0) is 0 Å². The van der Waals surface area contributed by atoms with E-state index < -0.39 is 72.5 Å². The first-order chi connectivity index (χ1) is 14.4. The zero-order valence-corrected chi connectivity index (χ0v) is 14.8. The molecule has 0 saturated heterocycles. The minimum Gasteiger partial charge on any atom is -0.390 e. The van der Waals surface area contributed by atoms with E-state index in [4.69, 9.17) is 5.11 Å². The summed E-state index contributed by atoms with van der Waals surface area (Å²) in [5.74, 6) is -67.3. The molecule has 0 rings (SSSR count). The van der Waals surface area contributed by atoms with Crippen LogP contribution in [0, 0.1) is 0 Å². The molecule has 0 aliphatic rings. The number of hydrogen-bond donors (Lipinski definition) is 1. The van der Waals surface area contributed by atoms with Crippen LogP contribution in [0.4, 0.5) is 92.2 Å². The Morgan fingerprint density at radius 1 is 0.382 bits per heavy atom. The first-order valence-electron chi connectivity index (χ1n) is 7.32. The van der Waals surface area contributed by atoms with Gasteiger partial charge >= 0.3 is 53.6 Å². The normalized spacial score (nSPS) is 18.2. The van der Waals surface area contributed by atoms with Crippen LogP contribution in [0.15, 0.2) is 0 Å². The van der Waals surface area contributed by atoms with Crippen molar-refractivity contribution in [2.24, 2.45) is 0 Å². The Bertz CT molecular complexity index is 735. The van der Waals surface area contributed by atoms with Gasteiger partial charge in [0.05, 0.1) is 0 Å². The highest BCUT2D eigenvalue weighted by molar-refractivity contribution is 5.21. The van der Waals surface area contributed by atoms with Crippen LogP contribution < -0.4 is 0 Å². The van der Waals surface area contributed by atoms with Crippen molar-refractivity contribution in [2.45, 2.75) is 59.2 Å². The molecule has 0 aromatic rings. The van der Waals surface area contributed by atoms with Gasteiger partial charge in [-0.3, -0.25) is 0 Å². The Labute approximate surface area is 171 Å². The smallest absolute Gasteiger partial charge is 0.390 e. The molecule has 1 atom stereocenters. The van der Waals surface area contributed by atoms with Gasteiger partial charge in [-0.05, 0) is 0 Å². The third-order valence-electron chi connectivity index (χ3n) is 4.17. The van der Waals surface area contributed by atoms with Crippen molar-refractivity contribution in [3.8, 4) is 0 Å². The molecule has 0 radical (unpaired) electrons.